The molecule has 4 N–H and O–H groups in total. The molecule has 0 radical (unpaired) electrons. The number of hydrogen-bond donors (Lipinski definition) is 4. The van der Waals surface area contributed by atoms with Crippen molar-refractivity contribution in [2.75, 3.05) is 13.2 Å². The van der Waals surface area contributed by atoms with Crippen molar-refractivity contribution in [1.29, 1.82) is 5.26 Å². The predicted molar refractivity (Wildman–Crippen MR) is 140 cm³/mol. The van der Waals surface area contributed by atoms with Crippen molar-refractivity contribution in [3.05, 3.63) is 69.7 Å². The molecule has 1 aliphatic heterocycles. The Labute approximate surface area is 222 Å². The molecular weight excluding hydrogens is 501 g/mol. The van der Waals surface area contributed by atoms with Gasteiger partial charge in [-0.1, -0.05) is 74.2 Å². The molecule has 0 aromatic heterocycles. The van der Waals surface area contributed by atoms with Crippen molar-refractivity contribution in [3.63, 3.8) is 0 Å². The lowest BCUT2D eigenvalue weighted by molar-refractivity contribution is 0.0685. The van der Waals surface area contributed by atoms with E-state index < -0.39 is 29.8 Å². The number of halogens is 2. The predicted octanol–water partition coefficient (Wildman–Crippen LogP) is 4.74. The maximum atomic E-state index is 12.8. The standard InChI is InChI=1S/C27H33Cl2N3O4/c1-3-17(4-2)24-27(16-30,19-8-10-20(28)11-9-19)23(18-6-5-7-21(29)14-18)25(32-24)36-26(35)31-13-12-22(34)15-33/h5-11,14,17,22-25,32-34H,3-4,12-13,15H2,1-2H3,(H,31,35)/t22-,23-,24-,25+,27+/m0/s1. The third-order valence-electron chi connectivity index (χ3n) is 7.05. The van der Waals surface area contributed by atoms with E-state index in [2.05, 4.69) is 30.6 Å². The summed E-state index contributed by atoms with van der Waals surface area (Å²) in [5.74, 6) is -0.444. The summed E-state index contributed by atoms with van der Waals surface area (Å²) in [5.41, 5.74) is 0.471. The fourth-order valence-corrected chi connectivity index (χ4v) is 5.55. The Morgan fingerprint density at radius 1 is 1.19 bits per heavy atom. The van der Waals surface area contributed by atoms with Gasteiger partial charge in [0.1, 0.15) is 5.41 Å². The van der Waals surface area contributed by atoms with E-state index in [1.807, 2.05) is 24.3 Å². The lowest BCUT2D eigenvalue weighted by atomic mass is 9.63. The molecule has 1 fully saturated rings. The molecule has 0 unspecified atom stereocenters. The van der Waals surface area contributed by atoms with Gasteiger partial charge in [0.15, 0.2) is 6.23 Å². The molecule has 0 saturated carbocycles. The van der Waals surface area contributed by atoms with Gasteiger partial charge in [-0.05, 0) is 47.7 Å². The molecule has 2 aromatic rings. The van der Waals surface area contributed by atoms with Gasteiger partial charge in [-0.15, -0.1) is 0 Å². The second kappa shape index (κ2) is 12.8. The zero-order valence-electron chi connectivity index (χ0n) is 20.5. The number of carbonyl (C=O) groups is 1. The molecule has 1 saturated heterocycles. The van der Waals surface area contributed by atoms with Crippen molar-refractivity contribution in [3.8, 4) is 6.07 Å². The van der Waals surface area contributed by atoms with E-state index in [0.29, 0.717) is 10.0 Å². The number of nitriles is 1. The number of rotatable bonds is 10. The second-order valence-electron chi connectivity index (χ2n) is 9.12. The number of benzene rings is 2. The Bertz CT molecular complexity index is 1060. The number of ether oxygens (including phenoxy) is 1. The SMILES string of the molecule is CCC(CC)[C@@H]1N[C@H](OC(=O)NCC[C@H](O)CO)[C@H](c2cccc(Cl)c2)[C@@]1(C#N)c1ccc(Cl)cc1. The first-order valence-corrected chi connectivity index (χ1v) is 13.0. The average Bonchev–Trinajstić information content (AvgIpc) is 3.19. The lowest BCUT2D eigenvalue weighted by Crippen LogP contribution is -2.46. The lowest BCUT2D eigenvalue weighted by Gasteiger charge is -2.37. The largest absolute Gasteiger partial charge is 0.430 e. The van der Waals surface area contributed by atoms with Gasteiger partial charge in [0.25, 0.3) is 0 Å². The minimum absolute atomic E-state index is 0.123. The number of nitrogens with zero attached hydrogens (tertiary/aromatic N) is 1. The van der Waals surface area contributed by atoms with Crippen LogP contribution in [0.1, 0.15) is 50.2 Å². The first kappa shape index (κ1) is 28.2. The summed E-state index contributed by atoms with van der Waals surface area (Å²) in [5, 5.41) is 36.6. The monoisotopic (exact) mass is 533 g/mol. The van der Waals surface area contributed by atoms with E-state index in [4.69, 9.17) is 33.0 Å². The van der Waals surface area contributed by atoms with Crippen LogP contribution in [0.15, 0.2) is 48.5 Å². The molecule has 2 aromatic carbocycles. The minimum atomic E-state index is -1.08. The molecule has 3 rings (SSSR count). The van der Waals surface area contributed by atoms with Crippen molar-refractivity contribution in [1.82, 2.24) is 10.6 Å². The Balaban J connectivity index is 2.08. The van der Waals surface area contributed by atoms with Crippen molar-refractivity contribution < 1.29 is 19.7 Å². The van der Waals surface area contributed by atoms with Gasteiger partial charge in [-0.2, -0.15) is 5.26 Å². The Morgan fingerprint density at radius 2 is 1.89 bits per heavy atom. The van der Waals surface area contributed by atoms with E-state index in [-0.39, 0.29) is 31.5 Å². The van der Waals surface area contributed by atoms with Gasteiger partial charge in [0, 0.05) is 22.6 Å². The number of aliphatic hydroxyl groups is 2. The minimum Gasteiger partial charge on any atom is -0.430 e. The van der Waals surface area contributed by atoms with Gasteiger partial charge in [-0.25, -0.2) is 4.79 Å². The number of alkyl carbamates (subject to hydrolysis) is 1. The van der Waals surface area contributed by atoms with Crippen LogP contribution >= 0.6 is 23.2 Å². The molecule has 5 atom stereocenters. The van der Waals surface area contributed by atoms with E-state index >= 15 is 0 Å². The van der Waals surface area contributed by atoms with E-state index in [0.717, 1.165) is 24.0 Å². The molecule has 7 nitrogen and oxygen atoms in total. The third kappa shape index (κ3) is 5.96. The van der Waals surface area contributed by atoms with Gasteiger partial charge in [-0.3, -0.25) is 5.32 Å². The summed E-state index contributed by atoms with van der Waals surface area (Å²) >= 11 is 12.5. The van der Waals surface area contributed by atoms with Crippen LogP contribution in [0, 0.1) is 17.2 Å². The molecule has 194 valence electrons. The molecule has 36 heavy (non-hydrogen) atoms. The highest BCUT2D eigenvalue weighted by molar-refractivity contribution is 6.30. The quantitative estimate of drug-likeness (QED) is 0.350. The van der Waals surface area contributed by atoms with Crippen molar-refractivity contribution >= 4 is 29.3 Å². The highest BCUT2D eigenvalue weighted by Crippen LogP contribution is 2.52. The maximum absolute atomic E-state index is 12.8. The zero-order valence-corrected chi connectivity index (χ0v) is 22.0. The second-order valence-corrected chi connectivity index (χ2v) is 9.99. The first-order valence-electron chi connectivity index (χ1n) is 12.2. The van der Waals surface area contributed by atoms with Crippen LogP contribution in [0.5, 0.6) is 0 Å². The highest BCUT2D eigenvalue weighted by Gasteiger charge is 2.60. The molecule has 9 heteroatoms. The number of hydrogen-bond acceptors (Lipinski definition) is 6. The van der Waals surface area contributed by atoms with Crippen LogP contribution in [0.4, 0.5) is 4.79 Å². The zero-order chi connectivity index (χ0) is 26.3. The number of amides is 1. The Hall–Kier alpha value is -2.34. The van der Waals surface area contributed by atoms with Crippen LogP contribution in [0.25, 0.3) is 0 Å². The highest BCUT2D eigenvalue weighted by atomic mass is 35.5. The maximum Gasteiger partial charge on any atom is 0.408 e. The smallest absolute Gasteiger partial charge is 0.408 e. The first-order chi connectivity index (χ1) is 17.3. The normalized spacial score (nSPS) is 24.3. The molecule has 0 aliphatic carbocycles. The average molecular weight is 534 g/mol. The van der Waals surface area contributed by atoms with Crippen molar-refractivity contribution in [2.45, 2.75) is 62.8 Å². The van der Waals surface area contributed by atoms with Crippen LogP contribution in [0.2, 0.25) is 10.0 Å². The van der Waals surface area contributed by atoms with Gasteiger partial charge < -0.3 is 20.3 Å². The molecule has 1 heterocycles. The summed E-state index contributed by atoms with van der Waals surface area (Å²) in [7, 11) is 0. The fraction of sp³-hybridized carbons (Fsp3) is 0.481. The molecule has 1 amide bonds. The number of aliphatic hydroxyl groups excluding tert-OH is 2. The summed E-state index contributed by atoms with van der Waals surface area (Å²) in [6, 6.07) is 16.8. The van der Waals surface area contributed by atoms with E-state index in [1.54, 1.807) is 24.3 Å². The molecular formula is C27H33Cl2N3O4. The Morgan fingerprint density at radius 3 is 2.47 bits per heavy atom. The summed E-state index contributed by atoms with van der Waals surface area (Å²) in [6.45, 7) is 3.91. The van der Waals surface area contributed by atoms with Gasteiger partial charge in [0.2, 0.25) is 0 Å². The van der Waals surface area contributed by atoms with Crippen LogP contribution in [-0.4, -0.2) is 47.8 Å². The fourth-order valence-electron chi connectivity index (χ4n) is 5.22. The summed E-state index contributed by atoms with van der Waals surface area (Å²) in [6.07, 6.45) is -0.601. The molecule has 1 aliphatic rings. The van der Waals surface area contributed by atoms with Crippen LogP contribution < -0.4 is 10.6 Å². The van der Waals surface area contributed by atoms with Gasteiger partial charge in [0.05, 0.1) is 24.7 Å². The van der Waals surface area contributed by atoms with Crippen LogP contribution in [0.3, 0.4) is 0 Å². The molecule has 0 bridgehead atoms. The topological polar surface area (TPSA) is 115 Å². The van der Waals surface area contributed by atoms with Crippen LogP contribution in [-0.2, 0) is 10.2 Å². The van der Waals surface area contributed by atoms with Gasteiger partial charge >= 0.3 is 6.09 Å². The number of nitrogens with one attached hydrogen (secondary N) is 2. The van der Waals surface area contributed by atoms with E-state index in [1.165, 1.54) is 0 Å². The third-order valence-corrected chi connectivity index (χ3v) is 7.54. The van der Waals surface area contributed by atoms with Crippen molar-refractivity contribution in [2.24, 2.45) is 5.92 Å². The Kier molecular flexibility index (Phi) is 10.0. The summed E-state index contributed by atoms with van der Waals surface area (Å²) in [4.78, 5) is 12.8. The number of carbonyl (C=O) groups excluding carboxylic acids is 1. The molecule has 0 spiro atoms. The summed E-state index contributed by atoms with van der Waals surface area (Å²) < 4.78 is 5.88. The van der Waals surface area contributed by atoms with E-state index in [9.17, 15) is 15.2 Å².